The topological polar surface area (TPSA) is 98.6 Å². The molecule has 3 heterocycles. The second-order valence-electron chi connectivity index (χ2n) is 6.72. The first-order valence-corrected chi connectivity index (χ1v) is 10.9. The van der Waals surface area contributed by atoms with Crippen LogP contribution in [0, 0.1) is 19.8 Å². The molecule has 1 spiro atoms. The Hall–Kier alpha value is -0.970. The maximum absolute atomic E-state index is 12.9. The zero-order valence-corrected chi connectivity index (χ0v) is 15.9. The van der Waals surface area contributed by atoms with Crippen molar-refractivity contribution in [3.63, 3.8) is 0 Å². The molecule has 2 saturated heterocycles. The molecule has 0 radical (unpaired) electrons. The third kappa shape index (κ3) is 2.27. The lowest BCUT2D eigenvalue weighted by atomic mass is 9.85. The fourth-order valence-electron chi connectivity index (χ4n) is 3.89. The molecular formula is C14H23N3O5S2. The highest BCUT2D eigenvalue weighted by molar-refractivity contribution is 7.93. The Kier molecular flexibility index (Phi) is 4.10. The van der Waals surface area contributed by atoms with Gasteiger partial charge in [0.05, 0.1) is 23.7 Å². The third-order valence-electron chi connectivity index (χ3n) is 5.39. The number of hydrogen-bond acceptors (Lipinski definition) is 6. The highest BCUT2D eigenvalue weighted by Crippen LogP contribution is 2.46. The van der Waals surface area contributed by atoms with Crippen LogP contribution in [-0.2, 0) is 31.6 Å². The van der Waals surface area contributed by atoms with Gasteiger partial charge in [-0.15, -0.1) is 0 Å². The highest BCUT2D eigenvalue weighted by Gasteiger charge is 2.64. The maximum Gasteiger partial charge on any atom is 0.246 e. The SMILES string of the molecule is COCC1CCS(=O)(=O)C12CN(S(=O)(=O)c1c(C)nn(C)c1C)C2. The first-order valence-electron chi connectivity index (χ1n) is 7.78. The van der Waals surface area contributed by atoms with Crippen molar-refractivity contribution in [3.05, 3.63) is 11.4 Å². The van der Waals surface area contributed by atoms with Crippen LogP contribution >= 0.6 is 0 Å². The largest absolute Gasteiger partial charge is 0.384 e. The van der Waals surface area contributed by atoms with Crippen LogP contribution < -0.4 is 0 Å². The summed E-state index contributed by atoms with van der Waals surface area (Å²) < 4.78 is 57.8. The Balaban J connectivity index is 1.92. The fourth-order valence-corrected chi connectivity index (χ4v) is 8.43. The molecule has 8 nitrogen and oxygen atoms in total. The Morgan fingerprint density at radius 2 is 1.96 bits per heavy atom. The van der Waals surface area contributed by atoms with Gasteiger partial charge in [0.15, 0.2) is 9.84 Å². The molecule has 1 aromatic heterocycles. The lowest BCUT2D eigenvalue weighted by Gasteiger charge is -2.48. The summed E-state index contributed by atoms with van der Waals surface area (Å²) in [5, 5.41) is 4.15. The normalized spacial score (nSPS) is 25.9. The molecule has 0 amide bonds. The molecule has 2 aliphatic rings. The number of methoxy groups -OCH3 is 1. The summed E-state index contributed by atoms with van der Waals surface area (Å²) in [5.74, 6) is -0.0603. The van der Waals surface area contributed by atoms with Crippen molar-refractivity contribution in [2.75, 3.05) is 32.6 Å². The molecule has 2 fully saturated rings. The van der Waals surface area contributed by atoms with Crippen LogP contribution in [0.2, 0.25) is 0 Å². The van der Waals surface area contributed by atoms with E-state index in [9.17, 15) is 16.8 Å². The van der Waals surface area contributed by atoms with Gasteiger partial charge in [-0.05, 0) is 20.3 Å². The van der Waals surface area contributed by atoms with Crippen molar-refractivity contribution in [1.82, 2.24) is 14.1 Å². The van der Waals surface area contributed by atoms with E-state index in [1.807, 2.05) is 0 Å². The number of aromatic nitrogens is 2. The number of aryl methyl sites for hydroxylation is 2. The second kappa shape index (κ2) is 5.52. The fraction of sp³-hybridized carbons (Fsp3) is 0.786. The first-order chi connectivity index (χ1) is 11.1. The van der Waals surface area contributed by atoms with Gasteiger partial charge in [-0.1, -0.05) is 0 Å². The minimum Gasteiger partial charge on any atom is -0.384 e. The summed E-state index contributed by atoms with van der Waals surface area (Å²) in [6, 6.07) is 0. The van der Waals surface area contributed by atoms with Gasteiger partial charge in [0.1, 0.15) is 9.64 Å². The molecule has 0 N–H and O–H groups in total. The van der Waals surface area contributed by atoms with Crippen LogP contribution in [0.25, 0.3) is 0 Å². The average Bonchev–Trinajstić information content (AvgIpc) is 2.82. The molecule has 0 aromatic carbocycles. The van der Waals surface area contributed by atoms with Crippen molar-refractivity contribution in [1.29, 1.82) is 0 Å². The number of nitrogens with zero attached hydrogens (tertiary/aromatic N) is 3. The van der Waals surface area contributed by atoms with Gasteiger partial charge >= 0.3 is 0 Å². The van der Waals surface area contributed by atoms with Crippen LogP contribution in [0.5, 0.6) is 0 Å². The van der Waals surface area contributed by atoms with Crippen molar-refractivity contribution in [3.8, 4) is 0 Å². The molecule has 1 atom stereocenters. The highest BCUT2D eigenvalue weighted by atomic mass is 32.2. The van der Waals surface area contributed by atoms with Gasteiger partial charge in [-0.3, -0.25) is 4.68 Å². The van der Waals surface area contributed by atoms with Crippen molar-refractivity contribution in [2.24, 2.45) is 13.0 Å². The maximum atomic E-state index is 12.9. The molecule has 1 aromatic rings. The smallest absolute Gasteiger partial charge is 0.246 e. The average molecular weight is 377 g/mol. The molecule has 0 aliphatic carbocycles. The first kappa shape index (κ1) is 17.8. The quantitative estimate of drug-likeness (QED) is 0.724. The second-order valence-corrected chi connectivity index (χ2v) is 11.0. The van der Waals surface area contributed by atoms with Crippen molar-refractivity contribution < 1.29 is 21.6 Å². The monoisotopic (exact) mass is 377 g/mol. The van der Waals surface area contributed by atoms with Crippen LogP contribution in [0.15, 0.2) is 4.90 Å². The summed E-state index contributed by atoms with van der Waals surface area (Å²) in [7, 11) is -3.84. The molecule has 0 saturated carbocycles. The van der Waals surface area contributed by atoms with Crippen LogP contribution in [0.4, 0.5) is 0 Å². The Bertz CT molecular complexity index is 866. The van der Waals surface area contributed by atoms with Gasteiger partial charge in [0, 0.05) is 33.2 Å². The number of rotatable bonds is 4. The van der Waals surface area contributed by atoms with E-state index < -0.39 is 24.6 Å². The van der Waals surface area contributed by atoms with E-state index in [-0.39, 0.29) is 29.7 Å². The van der Waals surface area contributed by atoms with Gasteiger partial charge in [-0.25, -0.2) is 16.8 Å². The van der Waals surface area contributed by atoms with Gasteiger partial charge in [0.25, 0.3) is 0 Å². The van der Waals surface area contributed by atoms with E-state index in [0.717, 1.165) is 0 Å². The number of hydrogen-bond donors (Lipinski definition) is 0. The lowest BCUT2D eigenvalue weighted by Crippen LogP contribution is -2.68. The minimum absolute atomic E-state index is 0.000528. The van der Waals surface area contributed by atoms with E-state index >= 15 is 0 Å². The summed E-state index contributed by atoms with van der Waals surface area (Å²) in [5.41, 5.74) is 0.981. The molecular weight excluding hydrogens is 354 g/mol. The molecule has 10 heteroatoms. The number of sulfone groups is 1. The predicted molar refractivity (Wildman–Crippen MR) is 87.9 cm³/mol. The van der Waals surface area contributed by atoms with Crippen LogP contribution in [0.3, 0.4) is 0 Å². The van der Waals surface area contributed by atoms with Crippen LogP contribution in [0.1, 0.15) is 17.8 Å². The number of sulfonamides is 1. The Morgan fingerprint density at radius 3 is 2.46 bits per heavy atom. The Morgan fingerprint density at radius 1 is 1.33 bits per heavy atom. The zero-order chi connectivity index (χ0) is 17.9. The van der Waals surface area contributed by atoms with E-state index in [1.165, 1.54) is 16.1 Å². The third-order valence-corrected chi connectivity index (χ3v) is 10.0. The van der Waals surface area contributed by atoms with Crippen molar-refractivity contribution >= 4 is 19.9 Å². The zero-order valence-electron chi connectivity index (χ0n) is 14.3. The van der Waals surface area contributed by atoms with E-state index in [4.69, 9.17) is 4.74 Å². The Labute approximate surface area is 142 Å². The summed E-state index contributed by atoms with van der Waals surface area (Å²) in [6.45, 7) is 3.68. The molecule has 0 bridgehead atoms. The van der Waals surface area contributed by atoms with Gasteiger partial charge < -0.3 is 4.74 Å². The van der Waals surface area contributed by atoms with Gasteiger partial charge in [-0.2, -0.15) is 9.40 Å². The van der Waals surface area contributed by atoms with E-state index in [1.54, 1.807) is 20.9 Å². The molecule has 24 heavy (non-hydrogen) atoms. The number of ether oxygens (including phenoxy) is 1. The standard InChI is InChI=1S/C14H23N3O5S2/c1-10-13(11(2)16(3)15-10)24(20,21)17-8-14(9-17)12(7-22-4)5-6-23(14,18)19/h12H,5-9H2,1-4H3. The summed E-state index contributed by atoms with van der Waals surface area (Å²) in [4.78, 5) is 0.179. The molecule has 136 valence electrons. The predicted octanol–water partition coefficient (Wildman–Crippen LogP) is -0.139. The summed E-state index contributed by atoms with van der Waals surface area (Å²) >= 11 is 0. The minimum atomic E-state index is -3.75. The van der Waals surface area contributed by atoms with E-state index in [2.05, 4.69) is 5.10 Å². The molecule has 3 rings (SSSR count). The van der Waals surface area contributed by atoms with Crippen molar-refractivity contribution in [2.45, 2.75) is 29.9 Å². The molecule has 2 aliphatic heterocycles. The summed E-state index contributed by atoms with van der Waals surface area (Å²) in [6.07, 6.45) is 0.523. The lowest BCUT2D eigenvalue weighted by molar-refractivity contribution is 0.0867. The van der Waals surface area contributed by atoms with Crippen LogP contribution in [-0.4, -0.2) is 68.2 Å². The van der Waals surface area contributed by atoms with Gasteiger partial charge in [0.2, 0.25) is 10.0 Å². The molecule has 1 unspecified atom stereocenters. The van der Waals surface area contributed by atoms with E-state index in [0.29, 0.717) is 24.4 Å².